The number of sulfonamides is 1. The highest BCUT2D eigenvalue weighted by molar-refractivity contribution is 7.89. The van der Waals surface area contributed by atoms with Gasteiger partial charge in [0.25, 0.3) is 10.0 Å². The molecule has 0 unspecified atom stereocenters. The van der Waals surface area contributed by atoms with Gasteiger partial charge in [-0.3, -0.25) is 0 Å². The zero-order chi connectivity index (χ0) is 11.9. The van der Waals surface area contributed by atoms with Gasteiger partial charge in [-0.1, -0.05) is 18.5 Å². The highest BCUT2D eigenvalue weighted by Crippen LogP contribution is 2.27. The molecule has 5 nitrogen and oxygen atoms in total. The molecule has 0 radical (unpaired) electrons. The molecular formula is C9H14ClN3O2S. The van der Waals surface area contributed by atoms with Gasteiger partial charge in [-0.15, -0.1) is 0 Å². The summed E-state index contributed by atoms with van der Waals surface area (Å²) in [5.41, 5.74) is 0. The maximum absolute atomic E-state index is 12.2. The second-order valence-electron chi connectivity index (χ2n) is 4.21. The summed E-state index contributed by atoms with van der Waals surface area (Å²) in [4.78, 5) is 3.86. The molecule has 1 saturated heterocycles. The van der Waals surface area contributed by atoms with Crippen LogP contribution in [0.15, 0.2) is 11.4 Å². The Balaban J connectivity index is 2.36. The molecule has 16 heavy (non-hydrogen) atoms. The summed E-state index contributed by atoms with van der Waals surface area (Å²) < 4.78 is 27.3. The lowest BCUT2D eigenvalue weighted by molar-refractivity contribution is 0.462. The van der Waals surface area contributed by atoms with Gasteiger partial charge >= 0.3 is 0 Å². The third-order valence-corrected chi connectivity index (χ3v) is 5.16. The van der Waals surface area contributed by atoms with Crippen LogP contribution in [0.5, 0.6) is 0 Å². The van der Waals surface area contributed by atoms with Gasteiger partial charge in [0.05, 0.1) is 6.33 Å². The molecule has 1 aromatic heterocycles. The van der Waals surface area contributed by atoms with Crippen molar-refractivity contribution in [2.75, 3.05) is 13.1 Å². The number of imidazole rings is 1. The first-order chi connectivity index (χ1) is 7.43. The summed E-state index contributed by atoms with van der Waals surface area (Å²) in [6.45, 7) is 3.14. The van der Waals surface area contributed by atoms with Crippen molar-refractivity contribution < 1.29 is 8.42 Å². The van der Waals surface area contributed by atoms with E-state index in [-0.39, 0.29) is 10.2 Å². The van der Waals surface area contributed by atoms with E-state index in [1.54, 1.807) is 7.05 Å². The van der Waals surface area contributed by atoms with Crippen LogP contribution in [0.3, 0.4) is 0 Å². The van der Waals surface area contributed by atoms with Gasteiger partial charge in [0.2, 0.25) is 5.03 Å². The van der Waals surface area contributed by atoms with E-state index in [1.807, 2.05) is 6.92 Å². The predicted molar refractivity (Wildman–Crippen MR) is 60.8 cm³/mol. The van der Waals surface area contributed by atoms with Crippen molar-refractivity contribution in [3.63, 3.8) is 0 Å². The molecule has 2 rings (SSSR count). The van der Waals surface area contributed by atoms with E-state index < -0.39 is 10.0 Å². The van der Waals surface area contributed by atoms with Crippen LogP contribution in [-0.4, -0.2) is 35.4 Å². The SMILES string of the molecule is C[C@H]1CCN(S(=O)(=O)c2ncn(C)c2Cl)C1. The number of hydrogen-bond donors (Lipinski definition) is 0. The largest absolute Gasteiger partial charge is 0.324 e. The van der Waals surface area contributed by atoms with Crippen molar-refractivity contribution in [1.29, 1.82) is 0 Å². The maximum Gasteiger partial charge on any atom is 0.263 e. The Bertz CT molecular complexity index is 497. The van der Waals surface area contributed by atoms with Crippen LogP contribution >= 0.6 is 11.6 Å². The van der Waals surface area contributed by atoms with Gasteiger partial charge in [-0.05, 0) is 12.3 Å². The summed E-state index contributed by atoms with van der Waals surface area (Å²) in [5, 5.41) is 0.130. The Morgan fingerprint density at radius 1 is 1.56 bits per heavy atom. The molecule has 0 bridgehead atoms. The molecule has 1 fully saturated rings. The molecule has 1 aromatic rings. The topological polar surface area (TPSA) is 55.2 Å². The smallest absolute Gasteiger partial charge is 0.263 e. The average molecular weight is 264 g/mol. The third-order valence-electron chi connectivity index (χ3n) is 2.81. The third kappa shape index (κ3) is 1.85. The number of aryl methyl sites for hydroxylation is 1. The van der Waals surface area contributed by atoms with Crippen LogP contribution in [0.2, 0.25) is 5.15 Å². The van der Waals surface area contributed by atoms with Gasteiger partial charge in [0.15, 0.2) is 0 Å². The molecule has 0 aromatic carbocycles. The van der Waals surface area contributed by atoms with Crippen molar-refractivity contribution in [3.05, 3.63) is 11.5 Å². The summed E-state index contributed by atoms with van der Waals surface area (Å²) in [7, 11) is -1.84. The van der Waals surface area contributed by atoms with Crippen LogP contribution in [0.1, 0.15) is 13.3 Å². The first-order valence-corrected chi connectivity index (χ1v) is 6.91. The van der Waals surface area contributed by atoms with Crippen molar-refractivity contribution in [2.45, 2.75) is 18.4 Å². The van der Waals surface area contributed by atoms with Gasteiger partial charge in [0, 0.05) is 20.1 Å². The first kappa shape index (κ1) is 11.9. The fourth-order valence-electron chi connectivity index (χ4n) is 1.80. The van der Waals surface area contributed by atoms with E-state index >= 15 is 0 Å². The van der Waals surface area contributed by atoms with Crippen LogP contribution < -0.4 is 0 Å². The molecule has 0 amide bonds. The molecule has 1 aliphatic heterocycles. The summed E-state index contributed by atoms with van der Waals surface area (Å²) in [6, 6.07) is 0. The zero-order valence-electron chi connectivity index (χ0n) is 9.22. The van der Waals surface area contributed by atoms with E-state index in [0.717, 1.165) is 6.42 Å². The molecule has 0 spiro atoms. The molecule has 0 N–H and O–H groups in total. The average Bonchev–Trinajstić information content (AvgIpc) is 2.76. The van der Waals surface area contributed by atoms with Crippen LogP contribution in [0.4, 0.5) is 0 Å². The predicted octanol–water partition coefficient (Wildman–Crippen LogP) is 1.10. The summed E-state index contributed by atoms with van der Waals surface area (Å²) in [5.74, 6) is 0.400. The monoisotopic (exact) mass is 263 g/mol. The zero-order valence-corrected chi connectivity index (χ0v) is 10.8. The lowest BCUT2D eigenvalue weighted by Crippen LogP contribution is -2.29. The molecule has 0 aliphatic carbocycles. The second kappa shape index (κ2) is 4.01. The van der Waals surface area contributed by atoms with Crippen LogP contribution in [-0.2, 0) is 17.1 Å². The summed E-state index contributed by atoms with van der Waals surface area (Å²) >= 11 is 5.90. The van der Waals surface area contributed by atoms with Crippen molar-refractivity contribution in [2.24, 2.45) is 13.0 Å². The van der Waals surface area contributed by atoms with E-state index in [1.165, 1.54) is 15.2 Å². The van der Waals surface area contributed by atoms with Gasteiger partial charge in [-0.2, -0.15) is 4.31 Å². The van der Waals surface area contributed by atoms with Crippen molar-refractivity contribution in [1.82, 2.24) is 13.9 Å². The molecule has 1 atom stereocenters. The summed E-state index contributed by atoms with van der Waals surface area (Å²) in [6.07, 6.45) is 2.30. The molecular weight excluding hydrogens is 250 g/mol. The Hall–Kier alpha value is -0.590. The molecule has 90 valence electrons. The minimum atomic E-state index is -3.51. The number of halogens is 1. The van der Waals surface area contributed by atoms with Crippen molar-refractivity contribution in [3.8, 4) is 0 Å². The highest BCUT2D eigenvalue weighted by Gasteiger charge is 2.34. The Morgan fingerprint density at radius 3 is 2.69 bits per heavy atom. The molecule has 0 saturated carbocycles. The van der Waals surface area contributed by atoms with Gasteiger partial charge in [0.1, 0.15) is 5.15 Å². The lowest BCUT2D eigenvalue weighted by Gasteiger charge is -2.14. The lowest BCUT2D eigenvalue weighted by atomic mass is 10.2. The first-order valence-electron chi connectivity index (χ1n) is 5.10. The van der Waals surface area contributed by atoms with E-state index in [4.69, 9.17) is 11.6 Å². The second-order valence-corrected chi connectivity index (χ2v) is 6.42. The van der Waals surface area contributed by atoms with Crippen molar-refractivity contribution >= 4 is 21.6 Å². The fraction of sp³-hybridized carbons (Fsp3) is 0.667. The number of rotatable bonds is 2. The minimum Gasteiger partial charge on any atom is -0.324 e. The van der Waals surface area contributed by atoms with Gasteiger partial charge < -0.3 is 4.57 Å². The van der Waals surface area contributed by atoms with Crippen LogP contribution in [0.25, 0.3) is 0 Å². The Kier molecular flexibility index (Phi) is 2.98. The normalized spacial score (nSPS) is 22.8. The minimum absolute atomic E-state index is 0.0363. The van der Waals surface area contributed by atoms with Crippen LogP contribution in [0, 0.1) is 5.92 Å². The standard InChI is InChI=1S/C9H14ClN3O2S/c1-7-3-4-13(5-7)16(14,15)9-8(10)12(2)6-11-9/h6-7H,3-5H2,1-2H3/t7-/m0/s1. The van der Waals surface area contributed by atoms with E-state index in [2.05, 4.69) is 4.98 Å². The maximum atomic E-state index is 12.2. The Morgan fingerprint density at radius 2 is 2.25 bits per heavy atom. The number of nitrogens with zero attached hydrogens (tertiary/aromatic N) is 3. The molecule has 7 heteroatoms. The highest BCUT2D eigenvalue weighted by atomic mass is 35.5. The number of hydrogen-bond acceptors (Lipinski definition) is 3. The van der Waals surface area contributed by atoms with Gasteiger partial charge in [-0.25, -0.2) is 13.4 Å². The van der Waals surface area contributed by atoms with E-state index in [0.29, 0.717) is 19.0 Å². The molecule has 1 aliphatic rings. The van der Waals surface area contributed by atoms with E-state index in [9.17, 15) is 8.42 Å². The molecule has 2 heterocycles. The number of aromatic nitrogens is 2. The quantitative estimate of drug-likeness (QED) is 0.803. The Labute approximate surface area is 100 Å². The fourth-order valence-corrected chi connectivity index (χ4v) is 3.77.